The number of hydrogen-bond acceptors (Lipinski definition) is 3. The van der Waals surface area contributed by atoms with Crippen molar-refractivity contribution in [3.05, 3.63) is 60.2 Å². The predicted molar refractivity (Wildman–Crippen MR) is 90.6 cm³/mol. The fourth-order valence-electron chi connectivity index (χ4n) is 2.30. The van der Waals surface area contributed by atoms with Gasteiger partial charge in [0.25, 0.3) is 0 Å². The molecule has 0 atom stereocenters. The third-order valence-electron chi connectivity index (χ3n) is 3.57. The lowest BCUT2D eigenvalue weighted by Crippen LogP contribution is -2.26. The van der Waals surface area contributed by atoms with Gasteiger partial charge in [-0.05, 0) is 24.6 Å². The number of rotatable bonds is 8. The molecule has 2 aromatic carbocycles. The number of methoxy groups -OCH3 is 1. The Morgan fingerprint density at radius 3 is 2.48 bits per heavy atom. The number of ether oxygens (including phenoxy) is 2. The lowest BCUT2D eigenvalue weighted by molar-refractivity contribution is -0.130. The van der Waals surface area contributed by atoms with Crippen LogP contribution in [0.5, 0.6) is 11.5 Å². The van der Waals surface area contributed by atoms with Crippen molar-refractivity contribution >= 4 is 5.91 Å². The van der Waals surface area contributed by atoms with E-state index in [2.05, 4.69) is 0 Å². The van der Waals surface area contributed by atoms with Crippen molar-refractivity contribution in [1.82, 2.24) is 4.90 Å². The number of carbonyl (C=O) groups excluding carboxylic acids is 1. The van der Waals surface area contributed by atoms with Gasteiger partial charge in [0.2, 0.25) is 5.91 Å². The van der Waals surface area contributed by atoms with E-state index in [1.165, 1.54) is 0 Å². The van der Waals surface area contributed by atoms with Crippen LogP contribution < -0.4 is 9.47 Å². The highest BCUT2D eigenvalue weighted by molar-refractivity contribution is 5.75. The Hall–Kier alpha value is -2.49. The van der Waals surface area contributed by atoms with Crippen molar-refractivity contribution in [2.75, 3.05) is 20.8 Å². The number of amides is 1. The standard InChI is InChI=1S/C19H23NO3/c1-20(15-16-9-6-7-12-18(16)22-2)19(21)13-8-14-23-17-10-4-3-5-11-17/h3-7,9-12H,8,13-15H2,1-2H3. The minimum atomic E-state index is 0.104. The highest BCUT2D eigenvalue weighted by Gasteiger charge is 2.11. The van der Waals surface area contributed by atoms with Crippen molar-refractivity contribution in [3.8, 4) is 11.5 Å². The van der Waals surface area contributed by atoms with Gasteiger partial charge in [0.15, 0.2) is 0 Å². The van der Waals surface area contributed by atoms with Gasteiger partial charge in [0.05, 0.1) is 13.7 Å². The van der Waals surface area contributed by atoms with Crippen LogP contribution in [0.25, 0.3) is 0 Å². The van der Waals surface area contributed by atoms with Crippen LogP contribution in [0, 0.1) is 0 Å². The zero-order chi connectivity index (χ0) is 16.5. The monoisotopic (exact) mass is 313 g/mol. The molecule has 0 heterocycles. The number of nitrogens with zero attached hydrogens (tertiary/aromatic N) is 1. The molecule has 2 aromatic rings. The van der Waals surface area contributed by atoms with E-state index in [1.54, 1.807) is 12.0 Å². The SMILES string of the molecule is COc1ccccc1CN(C)C(=O)CCCOc1ccccc1. The lowest BCUT2D eigenvalue weighted by Gasteiger charge is -2.19. The maximum absolute atomic E-state index is 12.2. The molecule has 0 aliphatic carbocycles. The summed E-state index contributed by atoms with van der Waals surface area (Å²) < 4.78 is 10.9. The van der Waals surface area contributed by atoms with Crippen LogP contribution in [-0.2, 0) is 11.3 Å². The normalized spacial score (nSPS) is 10.2. The first-order valence-electron chi connectivity index (χ1n) is 7.74. The zero-order valence-electron chi connectivity index (χ0n) is 13.7. The molecule has 0 radical (unpaired) electrons. The van der Waals surface area contributed by atoms with Crippen LogP contribution in [0.2, 0.25) is 0 Å². The van der Waals surface area contributed by atoms with E-state index in [1.807, 2.05) is 61.6 Å². The Labute approximate surface area is 137 Å². The Balaban J connectivity index is 1.74. The number of benzene rings is 2. The molecule has 23 heavy (non-hydrogen) atoms. The second-order valence-corrected chi connectivity index (χ2v) is 5.33. The summed E-state index contributed by atoms with van der Waals surface area (Å²) in [6.45, 7) is 1.08. The van der Waals surface area contributed by atoms with Crippen LogP contribution in [0.15, 0.2) is 54.6 Å². The maximum Gasteiger partial charge on any atom is 0.222 e. The fraction of sp³-hybridized carbons (Fsp3) is 0.316. The molecule has 0 unspecified atom stereocenters. The Kier molecular flexibility index (Phi) is 6.48. The van der Waals surface area contributed by atoms with E-state index in [9.17, 15) is 4.79 Å². The molecule has 2 rings (SSSR count). The number of hydrogen-bond donors (Lipinski definition) is 0. The van der Waals surface area contributed by atoms with Crippen LogP contribution >= 0.6 is 0 Å². The molecule has 0 saturated heterocycles. The van der Waals surface area contributed by atoms with Crippen molar-refractivity contribution in [2.45, 2.75) is 19.4 Å². The van der Waals surface area contributed by atoms with Gasteiger partial charge in [-0.1, -0.05) is 36.4 Å². The van der Waals surface area contributed by atoms with Gasteiger partial charge in [-0.2, -0.15) is 0 Å². The lowest BCUT2D eigenvalue weighted by atomic mass is 10.2. The summed E-state index contributed by atoms with van der Waals surface area (Å²) in [6, 6.07) is 17.4. The van der Waals surface area contributed by atoms with Gasteiger partial charge in [0.1, 0.15) is 11.5 Å². The molecule has 4 heteroatoms. The molecule has 122 valence electrons. The third-order valence-corrected chi connectivity index (χ3v) is 3.57. The van der Waals surface area contributed by atoms with Crippen molar-refractivity contribution in [3.63, 3.8) is 0 Å². The quantitative estimate of drug-likeness (QED) is 0.700. The molecular weight excluding hydrogens is 290 g/mol. The molecule has 1 amide bonds. The third kappa shape index (κ3) is 5.33. The molecular formula is C19H23NO3. The molecule has 0 spiro atoms. The fourth-order valence-corrected chi connectivity index (χ4v) is 2.30. The van der Waals surface area contributed by atoms with E-state index in [0.717, 1.165) is 17.1 Å². The highest BCUT2D eigenvalue weighted by Crippen LogP contribution is 2.19. The summed E-state index contributed by atoms with van der Waals surface area (Å²) in [6.07, 6.45) is 1.17. The van der Waals surface area contributed by atoms with Gasteiger partial charge >= 0.3 is 0 Å². The van der Waals surface area contributed by atoms with Gasteiger partial charge in [-0.25, -0.2) is 0 Å². The second-order valence-electron chi connectivity index (χ2n) is 5.33. The van der Waals surface area contributed by atoms with E-state index in [-0.39, 0.29) is 5.91 Å². The molecule has 4 nitrogen and oxygen atoms in total. The largest absolute Gasteiger partial charge is 0.496 e. The predicted octanol–water partition coefficient (Wildman–Crippen LogP) is 3.51. The summed E-state index contributed by atoms with van der Waals surface area (Å²) in [5.41, 5.74) is 1.01. The van der Waals surface area contributed by atoms with Gasteiger partial charge < -0.3 is 14.4 Å². The van der Waals surface area contributed by atoms with Gasteiger partial charge in [0, 0.05) is 25.6 Å². The van der Waals surface area contributed by atoms with Crippen molar-refractivity contribution in [1.29, 1.82) is 0 Å². The maximum atomic E-state index is 12.2. The molecule has 0 fully saturated rings. The summed E-state index contributed by atoms with van der Waals surface area (Å²) >= 11 is 0. The zero-order valence-corrected chi connectivity index (χ0v) is 13.7. The van der Waals surface area contributed by atoms with Crippen molar-refractivity contribution in [2.24, 2.45) is 0 Å². The Bertz CT molecular complexity index is 613. The topological polar surface area (TPSA) is 38.8 Å². The minimum absolute atomic E-state index is 0.104. The summed E-state index contributed by atoms with van der Waals surface area (Å²) in [5, 5.41) is 0. The summed E-state index contributed by atoms with van der Waals surface area (Å²) in [7, 11) is 3.45. The van der Waals surface area contributed by atoms with E-state index >= 15 is 0 Å². The van der Waals surface area contributed by atoms with E-state index in [0.29, 0.717) is 26.0 Å². The van der Waals surface area contributed by atoms with Crippen LogP contribution in [0.1, 0.15) is 18.4 Å². The van der Waals surface area contributed by atoms with Gasteiger partial charge in [-0.3, -0.25) is 4.79 Å². The summed E-state index contributed by atoms with van der Waals surface area (Å²) in [4.78, 5) is 13.9. The number of para-hydroxylation sites is 2. The average Bonchev–Trinajstić information content (AvgIpc) is 2.60. The molecule has 0 saturated carbocycles. The van der Waals surface area contributed by atoms with Crippen LogP contribution in [0.4, 0.5) is 0 Å². The highest BCUT2D eigenvalue weighted by atomic mass is 16.5. The summed E-state index contributed by atoms with van der Waals surface area (Å²) in [5.74, 6) is 1.74. The van der Waals surface area contributed by atoms with E-state index in [4.69, 9.17) is 9.47 Å². The molecule has 0 aromatic heterocycles. The second kappa shape index (κ2) is 8.83. The van der Waals surface area contributed by atoms with Crippen molar-refractivity contribution < 1.29 is 14.3 Å². The Morgan fingerprint density at radius 2 is 1.74 bits per heavy atom. The first kappa shape index (κ1) is 16.9. The minimum Gasteiger partial charge on any atom is -0.496 e. The first-order valence-corrected chi connectivity index (χ1v) is 7.74. The molecule has 0 bridgehead atoms. The Morgan fingerprint density at radius 1 is 1.04 bits per heavy atom. The van der Waals surface area contributed by atoms with Gasteiger partial charge in [-0.15, -0.1) is 0 Å². The van der Waals surface area contributed by atoms with Crippen LogP contribution in [0.3, 0.4) is 0 Å². The van der Waals surface area contributed by atoms with E-state index < -0.39 is 0 Å². The first-order chi connectivity index (χ1) is 11.2. The number of carbonyl (C=O) groups is 1. The molecule has 0 aliphatic rings. The smallest absolute Gasteiger partial charge is 0.222 e. The molecule has 0 N–H and O–H groups in total. The average molecular weight is 313 g/mol. The van der Waals surface area contributed by atoms with Crippen LogP contribution in [-0.4, -0.2) is 31.6 Å². The molecule has 0 aliphatic heterocycles.